The van der Waals surface area contributed by atoms with Crippen LogP contribution in [0.2, 0.25) is 0 Å². The van der Waals surface area contributed by atoms with Gasteiger partial charge in [-0.15, -0.1) is 0 Å². The van der Waals surface area contributed by atoms with E-state index in [2.05, 4.69) is 208 Å². The van der Waals surface area contributed by atoms with E-state index in [1.807, 2.05) is 21.1 Å². The fourth-order valence-electron chi connectivity index (χ4n) is 8.29. The van der Waals surface area contributed by atoms with Gasteiger partial charge in [0.25, 0.3) is 6.29 Å². The lowest BCUT2D eigenvalue weighted by molar-refractivity contribution is -0.870. The highest BCUT2D eigenvalue weighted by atomic mass is 16.7. The molecule has 87 heavy (non-hydrogen) atoms. The highest BCUT2D eigenvalue weighted by molar-refractivity contribution is 5.71. The number of carbonyl (C=O) groups excluding carboxylic acids is 2. The molecule has 486 valence electrons. The van der Waals surface area contributed by atoms with Gasteiger partial charge in [0.15, 0.2) is 6.10 Å². The fourth-order valence-corrected chi connectivity index (χ4v) is 8.29. The van der Waals surface area contributed by atoms with Gasteiger partial charge in [-0.1, -0.05) is 266 Å². The summed E-state index contributed by atoms with van der Waals surface area (Å²) >= 11 is 0. The maximum atomic E-state index is 12.9. The minimum atomic E-state index is -1.54. The number of allylic oxidation sites excluding steroid dienone is 32. The van der Waals surface area contributed by atoms with Crippen molar-refractivity contribution in [2.45, 2.75) is 232 Å². The van der Waals surface area contributed by atoms with E-state index in [0.717, 1.165) is 135 Å². The van der Waals surface area contributed by atoms with Gasteiger partial charge in [-0.2, -0.15) is 0 Å². The van der Waals surface area contributed by atoms with Crippen LogP contribution in [0.25, 0.3) is 0 Å². The first-order valence-corrected chi connectivity index (χ1v) is 33.6. The number of hydrogen-bond donors (Lipinski definition) is 1. The first-order chi connectivity index (χ1) is 42.6. The van der Waals surface area contributed by atoms with Crippen molar-refractivity contribution in [1.29, 1.82) is 0 Å². The summed E-state index contributed by atoms with van der Waals surface area (Å²) in [4.78, 5) is 37.5. The standard InChI is InChI=1S/C78H121NO8/c1-6-8-10-12-14-16-18-20-22-24-26-28-30-31-32-33-34-35-36-37-38-39-40-41-42-43-44-45-47-49-51-53-55-57-59-61-63-65-67-69-76(81)87-74(73-86-78(77(82)83)84-71-70-79(3,4)5)72-85-75(80)68-66-64-62-60-58-56-54-52-50-48-46-29-27-25-23-21-19-17-15-13-11-9-7-2/h8-11,14-17,20-23,26-29,31-32,34-35,37-38,40-41,43-44,48,50,54,56,60,62,74,78H,6-7,12-13,18-19,24-25,30,33,36,39,42,45-47,49,51-53,55,57-59,61,63-73H2,1-5H3/p+1/b10-8-,11-9-,16-14-,17-15-,22-20-,23-21-,28-26-,29-27-,32-31-,35-34-,38-37-,41-40-,44-43-,50-48-,56-54-,62-60-. The van der Waals surface area contributed by atoms with Gasteiger partial charge >= 0.3 is 17.9 Å². The zero-order valence-electron chi connectivity index (χ0n) is 55.3. The largest absolute Gasteiger partial charge is 0.477 e. The van der Waals surface area contributed by atoms with Crippen LogP contribution in [0.1, 0.15) is 219 Å². The van der Waals surface area contributed by atoms with Crippen molar-refractivity contribution in [1.82, 2.24) is 0 Å². The number of carbonyl (C=O) groups is 3. The summed E-state index contributed by atoms with van der Waals surface area (Å²) in [6.07, 6.45) is 99.7. The van der Waals surface area contributed by atoms with E-state index in [0.29, 0.717) is 23.9 Å². The van der Waals surface area contributed by atoms with Crippen LogP contribution in [0.15, 0.2) is 194 Å². The van der Waals surface area contributed by atoms with Crippen LogP contribution in [0.3, 0.4) is 0 Å². The number of ether oxygens (including phenoxy) is 4. The molecule has 0 rings (SSSR count). The van der Waals surface area contributed by atoms with E-state index in [1.54, 1.807) is 0 Å². The number of hydrogen-bond acceptors (Lipinski definition) is 7. The molecule has 1 N–H and O–H groups in total. The van der Waals surface area contributed by atoms with Crippen molar-refractivity contribution in [3.05, 3.63) is 194 Å². The van der Waals surface area contributed by atoms with Gasteiger partial charge in [0.2, 0.25) is 0 Å². The zero-order valence-corrected chi connectivity index (χ0v) is 55.3. The number of carboxylic acids is 1. The molecule has 0 bridgehead atoms. The van der Waals surface area contributed by atoms with E-state index in [1.165, 1.54) is 44.9 Å². The van der Waals surface area contributed by atoms with Gasteiger partial charge in [-0.25, -0.2) is 4.79 Å². The van der Waals surface area contributed by atoms with Crippen molar-refractivity contribution in [2.75, 3.05) is 47.5 Å². The monoisotopic (exact) mass is 1200 g/mol. The number of rotatable bonds is 59. The molecule has 9 heteroatoms. The van der Waals surface area contributed by atoms with Gasteiger partial charge in [0.1, 0.15) is 13.2 Å². The second-order valence-electron chi connectivity index (χ2n) is 22.7. The molecule has 0 heterocycles. The van der Waals surface area contributed by atoms with E-state index >= 15 is 0 Å². The number of aliphatic carboxylic acids is 1. The Bertz CT molecular complexity index is 2130. The maximum Gasteiger partial charge on any atom is 0.361 e. The van der Waals surface area contributed by atoms with Crippen LogP contribution in [0.4, 0.5) is 0 Å². The predicted octanol–water partition coefficient (Wildman–Crippen LogP) is 21.0. The molecular weight excluding hydrogens is 1080 g/mol. The third kappa shape index (κ3) is 67.5. The predicted molar refractivity (Wildman–Crippen MR) is 372 cm³/mol. The minimum Gasteiger partial charge on any atom is -0.477 e. The molecule has 0 saturated heterocycles. The molecule has 2 atom stereocenters. The van der Waals surface area contributed by atoms with Gasteiger partial charge in [-0.05, 0) is 135 Å². The normalized spacial score (nSPS) is 14.0. The van der Waals surface area contributed by atoms with Crippen LogP contribution in [0.5, 0.6) is 0 Å². The van der Waals surface area contributed by atoms with Crippen molar-refractivity contribution in [2.24, 2.45) is 0 Å². The van der Waals surface area contributed by atoms with Crippen LogP contribution >= 0.6 is 0 Å². The average molecular weight is 1200 g/mol. The quantitative estimate of drug-likeness (QED) is 0.0211. The summed E-state index contributed by atoms with van der Waals surface area (Å²) in [7, 11) is 5.94. The molecule has 0 aliphatic carbocycles. The molecule has 0 radical (unpaired) electrons. The summed E-state index contributed by atoms with van der Waals surface area (Å²) in [5.41, 5.74) is 0. The van der Waals surface area contributed by atoms with Crippen LogP contribution < -0.4 is 0 Å². The Kier molecular flexibility index (Phi) is 61.6. The zero-order chi connectivity index (χ0) is 63.3. The van der Waals surface area contributed by atoms with E-state index in [4.69, 9.17) is 18.9 Å². The lowest BCUT2D eigenvalue weighted by Gasteiger charge is -2.25. The summed E-state index contributed by atoms with van der Waals surface area (Å²) in [5.74, 6) is -2.11. The molecule has 0 aromatic heterocycles. The fraction of sp³-hybridized carbons (Fsp3) is 0.551. The third-order valence-corrected chi connectivity index (χ3v) is 13.3. The number of likely N-dealkylation sites (N-methyl/N-ethyl adjacent to an activating group) is 1. The molecule has 9 nitrogen and oxygen atoms in total. The van der Waals surface area contributed by atoms with E-state index < -0.39 is 30.3 Å². The van der Waals surface area contributed by atoms with Gasteiger partial charge in [-0.3, -0.25) is 9.59 Å². The number of unbranched alkanes of at least 4 members (excludes halogenated alkanes) is 12. The second kappa shape index (κ2) is 66.1. The van der Waals surface area contributed by atoms with Gasteiger partial charge in [0, 0.05) is 12.8 Å². The first-order valence-electron chi connectivity index (χ1n) is 33.6. The number of nitrogens with zero attached hydrogens (tertiary/aromatic N) is 1. The average Bonchev–Trinajstić information content (AvgIpc) is 3.55. The molecule has 0 aromatic rings. The minimum absolute atomic E-state index is 0.167. The molecule has 0 saturated carbocycles. The highest BCUT2D eigenvalue weighted by Gasteiger charge is 2.25. The Morgan fingerprint density at radius 2 is 0.632 bits per heavy atom. The SMILES string of the molecule is CC/C=C\C/C=C\C/C=C\C/C=C\C/C=C\C/C=C\C/C=C\C/C=C\C/C=C\CCCCCCCCCCCCCC(=O)OC(COC(=O)CCC/C=C\C/C=C\C/C=C\C/C=C\C/C=C\C/C=C\C/C=C\CC)COC(OCC[N+](C)(C)C)C(=O)O. The van der Waals surface area contributed by atoms with Crippen molar-refractivity contribution < 1.29 is 42.9 Å². The lowest BCUT2D eigenvalue weighted by atomic mass is 10.0. The van der Waals surface area contributed by atoms with Crippen LogP contribution in [-0.4, -0.2) is 87.4 Å². The number of quaternary nitrogens is 1. The summed E-state index contributed by atoms with van der Waals surface area (Å²) < 4.78 is 22.8. The number of carboxylic acid groups (broad SMARTS) is 1. The van der Waals surface area contributed by atoms with Crippen LogP contribution in [0, 0.1) is 0 Å². The lowest BCUT2D eigenvalue weighted by Crippen LogP contribution is -2.40. The van der Waals surface area contributed by atoms with E-state index in [-0.39, 0.29) is 32.7 Å². The highest BCUT2D eigenvalue weighted by Crippen LogP contribution is 2.14. The maximum absolute atomic E-state index is 12.9. The molecule has 0 spiro atoms. The topological polar surface area (TPSA) is 108 Å². The van der Waals surface area contributed by atoms with Crippen molar-refractivity contribution >= 4 is 17.9 Å². The Morgan fingerprint density at radius 3 is 0.954 bits per heavy atom. The molecule has 2 unspecified atom stereocenters. The Balaban J connectivity index is 4.26. The molecule has 0 aromatic carbocycles. The van der Waals surface area contributed by atoms with E-state index in [9.17, 15) is 19.5 Å². The molecule has 0 aliphatic heterocycles. The Morgan fingerprint density at radius 1 is 0.345 bits per heavy atom. The van der Waals surface area contributed by atoms with Crippen LogP contribution in [-0.2, 0) is 33.3 Å². The van der Waals surface area contributed by atoms with Crippen molar-refractivity contribution in [3.8, 4) is 0 Å². The second-order valence-corrected chi connectivity index (χ2v) is 22.7. The van der Waals surface area contributed by atoms with Crippen molar-refractivity contribution in [3.63, 3.8) is 0 Å². The summed E-state index contributed by atoms with van der Waals surface area (Å²) in [6.45, 7) is 4.55. The summed E-state index contributed by atoms with van der Waals surface area (Å²) in [5, 5.41) is 9.73. The first kappa shape index (κ1) is 81.1. The third-order valence-electron chi connectivity index (χ3n) is 13.3. The Hall–Kier alpha value is -5.87. The number of esters is 2. The smallest absolute Gasteiger partial charge is 0.361 e. The molecule has 0 aliphatic rings. The summed E-state index contributed by atoms with van der Waals surface area (Å²) in [6, 6.07) is 0. The molecule has 0 fully saturated rings. The molecular formula is C78H122NO8+. The van der Waals surface area contributed by atoms with Gasteiger partial charge < -0.3 is 28.5 Å². The Labute approximate surface area is 532 Å². The molecule has 0 amide bonds. The van der Waals surface area contributed by atoms with Gasteiger partial charge in [0.05, 0.1) is 34.4 Å².